The van der Waals surface area contributed by atoms with Crippen LogP contribution in [-0.4, -0.2) is 41.6 Å². The number of amides is 3. The Morgan fingerprint density at radius 3 is 2.29 bits per heavy atom. The maximum Gasteiger partial charge on any atom is 0.330 e. The second-order valence-corrected chi connectivity index (χ2v) is 5.10. The van der Waals surface area contributed by atoms with Gasteiger partial charge in [0.05, 0.1) is 6.04 Å². The minimum Gasteiger partial charge on any atom is -0.479 e. The number of carbonyl (C=O) groups excluding carboxylic acids is 2. The molecule has 0 aromatic rings. The van der Waals surface area contributed by atoms with Crippen LogP contribution < -0.4 is 22.1 Å². The van der Waals surface area contributed by atoms with E-state index in [-0.39, 0.29) is 5.92 Å². The van der Waals surface area contributed by atoms with Gasteiger partial charge in [-0.05, 0) is 24.3 Å². The standard InChI is InChI=1S/C13H24N4O4/c1-7(2)9(14)11(18)17-10(12(19)20)8(3)5-4-6-16-13(15)21/h7,9-10H,3-6,14H2,1-2H3,(H,17,18)(H,19,20)(H3,15,16,21)/t9-,10-/m0/s1. The molecule has 120 valence electrons. The summed E-state index contributed by atoms with van der Waals surface area (Å²) in [6.45, 7) is 7.51. The van der Waals surface area contributed by atoms with Gasteiger partial charge in [0.25, 0.3) is 0 Å². The highest BCUT2D eigenvalue weighted by molar-refractivity contribution is 5.88. The lowest BCUT2D eigenvalue weighted by Crippen LogP contribution is -2.50. The molecule has 0 saturated heterocycles. The summed E-state index contributed by atoms with van der Waals surface area (Å²) < 4.78 is 0. The van der Waals surface area contributed by atoms with E-state index in [4.69, 9.17) is 16.6 Å². The zero-order valence-corrected chi connectivity index (χ0v) is 12.4. The number of carboxylic acids is 1. The van der Waals surface area contributed by atoms with E-state index in [0.29, 0.717) is 25.0 Å². The second kappa shape index (κ2) is 8.96. The fourth-order valence-electron chi connectivity index (χ4n) is 1.55. The molecule has 0 heterocycles. The highest BCUT2D eigenvalue weighted by Gasteiger charge is 2.26. The van der Waals surface area contributed by atoms with Gasteiger partial charge >= 0.3 is 12.0 Å². The molecule has 8 heteroatoms. The highest BCUT2D eigenvalue weighted by atomic mass is 16.4. The van der Waals surface area contributed by atoms with E-state index < -0.39 is 30.0 Å². The van der Waals surface area contributed by atoms with Crippen molar-refractivity contribution in [1.29, 1.82) is 0 Å². The van der Waals surface area contributed by atoms with Crippen LogP contribution in [0.15, 0.2) is 12.2 Å². The van der Waals surface area contributed by atoms with Crippen LogP contribution >= 0.6 is 0 Å². The van der Waals surface area contributed by atoms with Crippen molar-refractivity contribution >= 4 is 17.9 Å². The predicted octanol–water partition coefficient (Wildman–Crippen LogP) is -0.456. The van der Waals surface area contributed by atoms with E-state index >= 15 is 0 Å². The molecule has 7 N–H and O–H groups in total. The molecule has 2 atom stereocenters. The molecular formula is C13H24N4O4. The van der Waals surface area contributed by atoms with Crippen LogP contribution in [0, 0.1) is 5.92 Å². The Morgan fingerprint density at radius 1 is 1.29 bits per heavy atom. The lowest BCUT2D eigenvalue weighted by molar-refractivity contribution is -0.141. The summed E-state index contributed by atoms with van der Waals surface area (Å²) in [5.41, 5.74) is 10.9. The molecule has 0 rings (SSSR count). The molecular weight excluding hydrogens is 276 g/mol. The summed E-state index contributed by atoms with van der Waals surface area (Å²) in [7, 11) is 0. The number of nitrogens with two attached hydrogens (primary N) is 2. The molecule has 0 fully saturated rings. The van der Waals surface area contributed by atoms with Gasteiger partial charge in [0.2, 0.25) is 5.91 Å². The number of carbonyl (C=O) groups is 3. The van der Waals surface area contributed by atoms with Gasteiger partial charge in [0, 0.05) is 6.54 Å². The predicted molar refractivity (Wildman–Crippen MR) is 78.3 cm³/mol. The molecule has 0 aliphatic heterocycles. The van der Waals surface area contributed by atoms with Crippen molar-refractivity contribution in [3.8, 4) is 0 Å². The number of hydrogen-bond donors (Lipinski definition) is 5. The van der Waals surface area contributed by atoms with E-state index in [1.807, 2.05) is 0 Å². The van der Waals surface area contributed by atoms with Gasteiger partial charge in [0.15, 0.2) is 0 Å². The van der Waals surface area contributed by atoms with Crippen LogP contribution in [0.3, 0.4) is 0 Å². The van der Waals surface area contributed by atoms with Crippen LogP contribution in [-0.2, 0) is 9.59 Å². The van der Waals surface area contributed by atoms with Crippen molar-refractivity contribution in [2.45, 2.75) is 38.8 Å². The molecule has 0 aliphatic rings. The molecule has 0 aromatic heterocycles. The van der Waals surface area contributed by atoms with Gasteiger partial charge in [-0.25, -0.2) is 9.59 Å². The minimum atomic E-state index is -1.20. The monoisotopic (exact) mass is 300 g/mol. The fraction of sp³-hybridized carbons (Fsp3) is 0.615. The number of nitrogens with one attached hydrogen (secondary N) is 2. The molecule has 0 bridgehead atoms. The molecule has 0 unspecified atom stereocenters. The Labute approximate surface area is 123 Å². The van der Waals surface area contributed by atoms with Crippen molar-refractivity contribution in [1.82, 2.24) is 10.6 Å². The van der Waals surface area contributed by atoms with Gasteiger partial charge in [-0.1, -0.05) is 20.4 Å². The Morgan fingerprint density at radius 2 is 1.86 bits per heavy atom. The summed E-state index contributed by atoms with van der Waals surface area (Å²) in [6.07, 6.45) is 0.798. The average Bonchev–Trinajstić information content (AvgIpc) is 2.38. The maximum absolute atomic E-state index is 11.8. The van der Waals surface area contributed by atoms with Gasteiger partial charge in [-0.15, -0.1) is 0 Å². The average molecular weight is 300 g/mol. The van der Waals surface area contributed by atoms with Crippen LogP contribution in [0.1, 0.15) is 26.7 Å². The molecule has 0 aromatic carbocycles. The third-order valence-electron chi connectivity index (χ3n) is 2.94. The van der Waals surface area contributed by atoms with E-state index in [2.05, 4.69) is 17.2 Å². The number of rotatable bonds is 9. The van der Waals surface area contributed by atoms with E-state index in [1.165, 1.54) is 0 Å². The maximum atomic E-state index is 11.8. The van der Waals surface area contributed by atoms with Crippen LogP contribution in [0.2, 0.25) is 0 Å². The second-order valence-electron chi connectivity index (χ2n) is 5.10. The number of urea groups is 1. The number of aliphatic carboxylic acids is 1. The van der Waals surface area contributed by atoms with E-state index in [1.54, 1.807) is 13.8 Å². The summed E-state index contributed by atoms with van der Waals surface area (Å²) in [6, 6.07) is -2.63. The molecule has 0 saturated carbocycles. The first-order valence-electron chi connectivity index (χ1n) is 6.66. The van der Waals surface area contributed by atoms with Crippen LogP contribution in [0.5, 0.6) is 0 Å². The fourth-order valence-corrected chi connectivity index (χ4v) is 1.55. The van der Waals surface area contributed by atoms with Crippen molar-refractivity contribution < 1.29 is 19.5 Å². The lowest BCUT2D eigenvalue weighted by atomic mass is 10.0. The molecule has 3 amide bonds. The SMILES string of the molecule is C=C(CCCNC(N)=O)[C@H](NC(=O)[C@@H](N)C(C)C)C(=O)O. The summed E-state index contributed by atoms with van der Waals surface area (Å²) >= 11 is 0. The third kappa shape index (κ3) is 7.31. The quantitative estimate of drug-likeness (QED) is 0.289. The molecule has 21 heavy (non-hydrogen) atoms. The number of carboxylic acid groups (broad SMARTS) is 1. The molecule has 8 nitrogen and oxygen atoms in total. The van der Waals surface area contributed by atoms with Crippen molar-refractivity contribution in [2.75, 3.05) is 6.54 Å². The Bertz CT molecular complexity index is 409. The van der Waals surface area contributed by atoms with Gasteiger partial charge < -0.3 is 27.2 Å². The van der Waals surface area contributed by atoms with Crippen molar-refractivity contribution in [3.63, 3.8) is 0 Å². The number of hydrogen-bond acceptors (Lipinski definition) is 4. The van der Waals surface area contributed by atoms with Crippen molar-refractivity contribution in [2.24, 2.45) is 17.4 Å². The Kier molecular flexibility index (Phi) is 8.07. The third-order valence-corrected chi connectivity index (χ3v) is 2.94. The first kappa shape index (κ1) is 18.9. The molecule has 0 aliphatic carbocycles. The summed E-state index contributed by atoms with van der Waals surface area (Å²) in [4.78, 5) is 33.5. The zero-order chi connectivity index (χ0) is 16.6. The van der Waals surface area contributed by atoms with Gasteiger partial charge in [-0.3, -0.25) is 4.79 Å². The topological polar surface area (TPSA) is 148 Å². The zero-order valence-electron chi connectivity index (χ0n) is 12.4. The van der Waals surface area contributed by atoms with Gasteiger partial charge in [0.1, 0.15) is 6.04 Å². The minimum absolute atomic E-state index is 0.104. The Hall–Kier alpha value is -2.09. The molecule has 0 radical (unpaired) electrons. The first-order chi connectivity index (χ1) is 9.66. The number of primary amides is 1. The van der Waals surface area contributed by atoms with Gasteiger partial charge in [-0.2, -0.15) is 0 Å². The van der Waals surface area contributed by atoms with Crippen LogP contribution in [0.25, 0.3) is 0 Å². The smallest absolute Gasteiger partial charge is 0.330 e. The van der Waals surface area contributed by atoms with E-state index in [9.17, 15) is 14.4 Å². The normalized spacial score (nSPS) is 13.3. The highest BCUT2D eigenvalue weighted by Crippen LogP contribution is 2.09. The van der Waals surface area contributed by atoms with E-state index in [0.717, 1.165) is 0 Å². The lowest BCUT2D eigenvalue weighted by Gasteiger charge is -2.21. The van der Waals surface area contributed by atoms with Crippen LogP contribution in [0.4, 0.5) is 4.79 Å². The molecule has 0 spiro atoms. The largest absolute Gasteiger partial charge is 0.479 e. The Balaban J connectivity index is 4.47. The summed E-state index contributed by atoms with van der Waals surface area (Å²) in [5, 5.41) is 13.9. The van der Waals surface area contributed by atoms with Crippen molar-refractivity contribution in [3.05, 3.63) is 12.2 Å². The summed E-state index contributed by atoms with van der Waals surface area (Å²) in [5.74, 6) is -1.84. The first-order valence-corrected chi connectivity index (χ1v) is 6.66.